The molecular weight excluding hydrogens is 354 g/mol. The molecule has 0 aromatic heterocycles. The molecule has 5 heteroatoms. The first-order valence-corrected chi connectivity index (χ1v) is 9.98. The van der Waals surface area contributed by atoms with E-state index >= 15 is 0 Å². The van der Waals surface area contributed by atoms with Gasteiger partial charge in [-0.2, -0.15) is 0 Å². The highest BCUT2D eigenvalue weighted by molar-refractivity contribution is 7.93. The average molecular weight is 376 g/mol. The maximum absolute atomic E-state index is 13.4. The van der Waals surface area contributed by atoms with E-state index in [1.807, 2.05) is 46.8 Å². The summed E-state index contributed by atoms with van der Waals surface area (Å²) in [5.74, 6) is 0. The molecule has 2 aromatic rings. The molecule has 1 aliphatic heterocycles. The summed E-state index contributed by atoms with van der Waals surface area (Å²) in [5, 5.41) is 0.513. The average Bonchev–Trinajstić information content (AvgIpc) is 2.49. The van der Waals surface area contributed by atoms with E-state index in [9.17, 15) is 8.42 Å². The van der Waals surface area contributed by atoms with Crippen molar-refractivity contribution in [2.45, 2.75) is 45.1 Å². The van der Waals surface area contributed by atoms with Crippen LogP contribution < -0.4 is 4.31 Å². The Labute approximate surface area is 155 Å². The van der Waals surface area contributed by atoms with Gasteiger partial charge in [0.2, 0.25) is 0 Å². The minimum absolute atomic E-state index is 0.238. The predicted molar refractivity (Wildman–Crippen MR) is 105 cm³/mol. The Kier molecular flexibility index (Phi) is 4.25. The van der Waals surface area contributed by atoms with Gasteiger partial charge in [0.15, 0.2) is 0 Å². The number of sulfonamides is 1. The third-order valence-corrected chi connectivity index (χ3v) is 6.97. The lowest BCUT2D eigenvalue weighted by molar-refractivity contribution is 0.561. The number of nitrogens with zero attached hydrogens (tertiary/aromatic N) is 1. The number of benzene rings is 2. The highest BCUT2D eigenvalue weighted by Crippen LogP contribution is 2.43. The maximum Gasteiger partial charge on any atom is 0.265 e. The lowest BCUT2D eigenvalue weighted by atomic mass is 9.89. The fourth-order valence-electron chi connectivity index (χ4n) is 3.41. The van der Waals surface area contributed by atoms with Crippen LogP contribution in [0.4, 0.5) is 5.69 Å². The molecule has 0 bridgehead atoms. The van der Waals surface area contributed by atoms with Gasteiger partial charge in [0.05, 0.1) is 16.1 Å². The van der Waals surface area contributed by atoms with Crippen LogP contribution in [0.1, 0.15) is 37.5 Å². The van der Waals surface area contributed by atoms with Crippen LogP contribution in [0, 0.1) is 13.8 Å². The van der Waals surface area contributed by atoms with Crippen LogP contribution in [-0.2, 0) is 10.0 Å². The van der Waals surface area contributed by atoms with Gasteiger partial charge in [-0.1, -0.05) is 17.7 Å². The van der Waals surface area contributed by atoms with Crippen LogP contribution in [0.15, 0.2) is 47.4 Å². The summed E-state index contributed by atoms with van der Waals surface area (Å²) in [6, 6.07) is 10.4. The first-order chi connectivity index (χ1) is 11.5. The topological polar surface area (TPSA) is 37.4 Å². The second kappa shape index (κ2) is 5.89. The smallest absolute Gasteiger partial charge is 0.256 e. The molecule has 3 nitrogen and oxygen atoms in total. The lowest BCUT2D eigenvalue weighted by Crippen LogP contribution is -2.48. The van der Waals surface area contributed by atoms with Crippen LogP contribution in [0.2, 0.25) is 5.02 Å². The standard InChI is InChI=1S/C20H22ClNO2S/c1-13-10-18-15(3)12-20(4,5)22(19(18)11-14(13)2)25(23,24)17-8-6-16(21)7-9-17/h6-12H,1-5H3. The molecule has 0 spiro atoms. The molecule has 0 fully saturated rings. The molecular formula is C20H22ClNO2S. The normalized spacial score (nSPS) is 16.4. The summed E-state index contributed by atoms with van der Waals surface area (Å²) in [5.41, 5.74) is 4.32. The molecule has 0 saturated carbocycles. The SMILES string of the molecule is CC1=CC(C)(C)N(S(=O)(=O)c2ccc(Cl)cc2)c2cc(C)c(C)cc21. The Hall–Kier alpha value is -1.78. The number of rotatable bonds is 2. The van der Waals surface area contributed by atoms with E-state index < -0.39 is 15.6 Å². The van der Waals surface area contributed by atoms with E-state index in [0.29, 0.717) is 5.02 Å². The quantitative estimate of drug-likeness (QED) is 0.709. The van der Waals surface area contributed by atoms with Crippen molar-refractivity contribution < 1.29 is 8.42 Å². The summed E-state index contributed by atoms with van der Waals surface area (Å²) in [6.45, 7) is 9.91. The molecule has 0 unspecified atom stereocenters. The number of aryl methyl sites for hydroxylation is 2. The van der Waals surface area contributed by atoms with Gasteiger partial charge in [0.1, 0.15) is 0 Å². The molecule has 0 saturated heterocycles. The zero-order chi connectivity index (χ0) is 18.6. The summed E-state index contributed by atoms with van der Waals surface area (Å²) in [4.78, 5) is 0.238. The Morgan fingerprint density at radius 3 is 2.12 bits per heavy atom. The van der Waals surface area contributed by atoms with Crippen LogP contribution in [-0.4, -0.2) is 14.0 Å². The molecule has 1 aliphatic rings. The van der Waals surface area contributed by atoms with E-state index in [2.05, 4.69) is 6.07 Å². The van der Waals surface area contributed by atoms with Crippen molar-refractivity contribution in [3.05, 3.63) is 64.2 Å². The van der Waals surface area contributed by atoms with Gasteiger partial charge in [-0.25, -0.2) is 8.42 Å². The summed E-state index contributed by atoms with van der Waals surface area (Å²) < 4.78 is 28.4. The Morgan fingerprint density at radius 2 is 1.52 bits per heavy atom. The highest BCUT2D eigenvalue weighted by atomic mass is 35.5. The first-order valence-electron chi connectivity index (χ1n) is 8.16. The van der Waals surface area contributed by atoms with Crippen molar-refractivity contribution in [3.63, 3.8) is 0 Å². The minimum atomic E-state index is -3.72. The number of fused-ring (bicyclic) bond motifs is 1. The maximum atomic E-state index is 13.4. The molecule has 1 heterocycles. The fourth-order valence-corrected chi connectivity index (χ4v) is 5.31. The fraction of sp³-hybridized carbons (Fsp3) is 0.300. The van der Waals surface area contributed by atoms with Gasteiger partial charge in [-0.15, -0.1) is 0 Å². The van der Waals surface area contributed by atoms with Gasteiger partial charge in [-0.05, 0) is 87.7 Å². The molecule has 0 atom stereocenters. The molecule has 0 aliphatic carbocycles. The van der Waals surface area contributed by atoms with Gasteiger partial charge in [-0.3, -0.25) is 4.31 Å². The molecule has 0 N–H and O–H groups in total. The number of hydrogen-bond donors (Lipinski definition) is 0. The molecule has 2 aromatic carbocycles. The largest absolute Gasteiger partial charge is 0.265 e. The van der Waals surface area contributed by atoms with E-state index in [0.717, 1.165) is 28.0 Å². The summed E-state index contributed by atoms with van der Waals surface area (Å²) in [6.07, 6.45) is 2.01. The number of allylic oxidation sites excluding steroid dienone is 1. The predicted octanol–water partition coefficient (Wildman–Crippen LogP) is 5.35. The van der Waals surface area contributed by atoms with Gasteiger partial charge in [0, 0.05) is 10.6 Å². The van der Waals surface area contributed by atoms with E-state index in [1.165, 1.54) is 4.31 Å². The van der Waals surface area contributed by atoms with Crippen LogP contribution >= 0.6 is 11.6 Å². The van der Waals surface area contributed by atoms with Crippen molar-refractivity contribution in [1.29, 1.82) is 0 Å². The van der Waals surface area contributed by atoms with Crippen LogP contribution in [0.25, 0.3) is 5.57 Å². The first kappa shape index (κ1) is 18.0. The van der Waals surface area contributed by atoms with Crippen LogP contribution in [0.3, 0.4) is 0 Å². The van der Waals surface area contributed by atoms with Crippen molar-refractivity contribution in [2.24, 2.45) is 0 Å². The van der Waals surface area contributed by atoms with E-state index in [4.69, 9.17) is 11.6 Å². The van der Waals surface area contributed by atoms with Crippen molar-refractivity contribution in [1.82, 2.24) is 0 Å². The van der Waals surface area contributed by atoms with Gasteiger partial charge >= 0.3 is 0 Å². The molecule has 3 rings (SSSR count). The number of anilines is 1. The van der Waals surface area contributed by atoms with Crippen molar-refractivity contribution in [3.8, 4) is 0 Å². The Morgan fingerprint density at radius 1 is 0.960 bits per heavy atom. The molecule has 0 amide bonds. The molecule has 25 heavy (non-hydrogen) atoms. The highest BCUT2D eigenvalue weighted by Gasteiger charge is 2.40. The Bertz CT molecular complexity index is 974. The summed E-state index contributed by atoms with van der Waals surface area (Å²) >= 11 is 5.92. The van der Waals surface area contributed by atoms with Crippen molar-refractivity contribution in [2.75, 3.05) is 4.31 Å². The third kappa shape index (κ3) is 2.98. The van der Waals surface area contributed by atoms with Gasteiger partial charge < -0.3 is 0 Å². The molecule has 132 valence electrons. The number of halogens is 1. The zero-order valence-corrected chi connectivity index (χ0v) is 16.7. The minimum Gasteiger partial charge on any atom is -0.256 e. The van der Waals surface area contributed by atoms with E-state index in [-0.39, 0.29) is 4.90 Å². The second-order valence-corrected chi connectivity index (χ2v) is 9.38. The monoisotopic (exact) mass is 375 g/mol. The number of hydrogen-bond acceptors (Lipinski definition) is 2. The van der Waals surface area contributed by atoms with Crippen LogP contribution in [0.5, 0.6) is 0 Å². The Balaban J connectivity index is 2.28. The summed E-state index contributed by atoms with van der Waals surface area (Å²) in [7, 11) is -3.72. The van der Waals surface area contributed by atoms with Crippen molar-refractivity contribution >= 4 is 32.9 Å². The zero-order valence-electron chi connectivity index (χ0n) is 15.1. The second-order valence-electron chi connectivity index (χ2n) is 7.16. The van der Waals surface area contributed by atoms with E-state index in [1.54, 1.807) is 24.3 Å². The third-order valence-electron chi connectivity index (χ3n) is 4.70. The van der Waals surface area contributed by atoms with Gasteiger partial charge in [0.25, 0.3) is 10.0 Å². The lowest BCUT2D eigenvalue weighted by Gasteiger charge is -2.42. The molecule has 0 radical (unpaired) electrons.